The van der Waals surface area contributed by atoms with Crippen molar-refractivity contribution in [3.8, 4) is 5.75 Å². The lowest BCUT2D eigenvalue weighted by molar-refractivity contribution is -0.305. The van der Waals surface area contributed by atoms with Crippen molar-refractivity contribution in [3.63, 3.8) is 0 Å². The monoisotopic (exact) mass is 1200 g/mol. The van der Waals surface area contributed by atoms with Gasteiger partial charge in [0.15, 0.2) is 17.4 Å². The number of carbonyl (C=O) groups is 6. The quantitative estimate of drug-likeness (QED) is 0.0484. The third-order valence-electron chi connectivity index (χ3n) is 18.4. The van der Waals surface area contributed by atoms with E-state index in [1.165, 1.54) is 77.0 Å². The van der Waals surface area contributed by atoms with Gasteiger partial charge in [-0.3, -0.25) is 14.4 Å². The summed E-state index contributed by atoms with van der Waals surface area (Å²) in [5.41, 5.74) is 1.68. The molecule has 6 atom stereocenters. The van der Waals surface area contributed by atoms with Gasteiger partial charge in [0.05, 0.1) is 69.1 Å². The molecule has 3 aliphatic heterocycles. The largest absolute Gasteiger partial charge is 0.466 e. The molecule has 8 aliphatic carbocycles. The van der Waals surface area contributed by atoms with Crippen molar-refractivity contribution in [1.29, 1.82) is 0 Å². The second-order valence-electron chi connectivity index (χ2n) is 28.3. The fourth-order valence-electron chi connectivity index (χ4n) is 16.2. The number of hydrogen-bond donors (Lipinski definition) is 0. The van der Waals surface area contributed by atoms with Gasteiger partial charge in [-0.1, -0.05) is 37.9 Å². The van der Waals surface area contributed by atoms with Gasteiger partial charge >= 0.3 is 35.8 Å². The standard InChI is InChI=1S/C25H38O6.C24H36O6.C19H24O6/c1-16(2)23(27)29-15-21-10-20(30-24(3,4)31-21)11-22(26)28-6-5-25-12-17-7-18(13-25)9-19(8-17)14-25;1-15(2)22(26)27-13-20-8-19(29-23(3,4)30-20)9-21(25)28-14-24-10-16-5-17(11-24)7-18(6-16)12-24;1-13(2)18(21)22-12-16-10-15(24-19(3,4)25-16)11-17(20)23-14-8-6-5-7-9-14/h17-21H,1,5-15H2,2-4H3;16-20H,1,5-14H2,2-4H3;5-9,15-16H,1,10-12H2,2-4H3. The van der Waals surface area contributed by atoms with Crippen LogP contribution in [-0.2, 0) is 80.9 Å². The first kappa shape index (κ1) is 67.0. The molecular formula is C68H98O18. The second-order valence-corrected chi connectivity index (χ2v) is 28.3. The van der Waals surface area contributed by atoms with Crippen molar-refractivity contribution in [2.45, 2.75) is 238 Å². The lowest BCUT2D eigenvalue weighted by Crippen LogP contribution is -2.49. The van der Waals surface area contributed by atoms with E-state index in [1.54, 1.807) is 58.9 Å². The number of rotatable bonds is 21. The van der Waals surface area contributed by atoms with Crippen LogP contribution in [0.25, 0.3) is 0 Å². The first-order valence-corrected chi connectivity index (χ1v) is 31.6. The lowest BCUT2D eigenvalue weighted by Gasteiger charge is -2.57. The molecule has 3 saturated heterocycles. The third kappa shape index (κ3) is 20.0. The molecule has 3 heterocycles. The van der Waals surface area contributed by atoms with Crippen molar-refractivity contribution >= 4 is 35.8 Å². The van der Waals surface area contributed by atoms with Gasteiger partial charge in [-0.15, -0.1) is 0 Å². The zero-order valence-electron chi connectivity index (χ0n) is 52.8. The van der Waals surface area contributed by atoms with Gasteiger partial charge in [0.25, 0.3) is 0 Å². The average Bonchev–Trinajstić information content (AvgIpc) is 1.08. The summed E-state index contributed by atoms with van der Waals surface area (Å²) in [5.74, 6) is 1.06. The Morgan fingerprint density at radius 3 is 1.08 bits per heavy atom. The summed E-state index contributed by atoms with van der Waals surface area (Å²) in [6.07, 6.45) is 17.0. The smallest absolute Gasteiger partial charge is 0.333 e. The Hall–Kier alpha value is -4.98. The van der Waals surface area contributed by atoms with E-state index >= 15 is 0 Å². The second kappa shape index (κ2) is 28.7. The molecule has 11 aliphatic rings. The molecule has 18 heteroatoms. The molecule has 8 saturated carbocycles. The van der Waals surface area contributed by atoms with Crippen LogP contribution >= 0.6 is 0 Å². The van der Waals surface area contributed by atoms with Crippen molar-refractivity contribution in [1.82, 2.24) is 0 Å². The minimum atomic E-state index is -0.879. The van der Waals surface area contributed by atoms with E-state index in [0.717, 1.165) is 41.9 Å². The maximum atomic E-state index is 12.6. The van der Waals surface area contributed by atoms with E-state index < -0.39 is 35.3 Å². The van der Waals surface area contributed by atoms with E-state index in [9.17, 15) is 28.8 Å². The fourth-order valence-corrected chi connectivity index (χ4v) is 16.2. The number of hydrogen-bond acceptors (Lipinski definition) is 18. The predicted molar refractivity (Wildman–Crippen MR) is 316 cm³/mol. The minimum absolute atomic E-state index is 0.0860. The Balaban J connectivity index is 0.000000169. The zero-order valence-corrected chi connectivity index (χ0v) is 52.8. The van der Waals surface area contributed by atoms with Crippen molar-refractivity contribution in [3.05, 3.63) is 66.8 Å². The summed E-state index contributed by atoms with van der Waals surface area (Å²) < 4.78 is 67.5. The van der Waals surface area contributed by atoms with Crippen LogP contribution in [0.3, 0.4) is 0 Å². The maximum absolute atomic E-state index is 12.6. The number of para-hydroxylation sites is 1. The summed E-state index contributed by atoms with van der Waals surface area (Å²) in [6, 6.07) is 8.86. The minimum Gasteiger partial charge on any atom is -0.466 e. The Bertz CT molecular complexity index is 2510. The van der Waals surface area contributed by atoms with Gasteiger partial charge in [0.1, 0.15) is 25.6 Å². The highest BCUT2D eigenvalue weighted by atomic mass is 16.7. The third-order valence-corrected chi connectivity index (χ3v) is 18.4. The Kier molecular flexibility index (Phi) is 22.3. The number of esters is 6. The summed E-state index contributed by atoms with van der Waals surface area (Å²) in [7, 11) is 0. The van der Waals surface area contributed by atoms with Crippen LogP contribution in [0.5, 0.6) is 5.75 Å². The molecule has 0 spiro atoms. The summed E-state index contributed by atoms with van der Waals surface area (Å²) in [6.45, 7) is 27.7. The molecule has 0 radical (unpaired) electrons. The van der Waals surface area contributed by atoms with Crippen LogP contribution < -0.4 is 4.74 Å². The summed E-state index contributed by atoms with van der Waals surface area (Å²) in [4.78, 5) is 72.1. The Morgan fingerprint density at radius 2 is 0.733 bits per heavy atom. The molecule has 0 aromatic heterocycles. The topological polar surface area (TPSA) is 213 Å². The fraction of sp³-hybridized carbons (Fsp3) is 0.735. The first-order valence-electron chi connectivity index (χ1n) is 31.6. The molecule has 0 N–H and O–H groups in total. The molecule has 1 aromatic carbocycles. The number of benzene rings is 1. The van der Waals surface area contributed by atoms with Crippen LogP contribution in [0.4, 0.5) is 0 Å². The molecular weight excluding hydrogens is 1100 g/mol. The lowest BCUT2D eigenvalue weighted by atomic mass is 9.49. The highest BCUT2D eigenvalue weighted by molar-refractivity contribution is 5.87. The molecule has 0 amide bonds. The molecule has 1 aromatic rings. The van der Waals surface area contributed by atoms with Gasteiger partial charge < -0.3 is 56.8 Å². The molecule has 6 unspecified atom stereocenters. The maximum Gasteiger partial charge on any atom is 0.333 e. The van der Waals surface area contributed by atoms with Crippen molar-refractivity contribution in [2.24, 2.45) is 46.3 Å². The van der Waals surface area contributed by atoms with E-state index in [-0.39, 0.29) is 99.0 Å². The van der Waals surface area contributed by atoms with Crippen molar-refractivity contribution < 1.29 is 85.6 Å². The summed E-state index contributed by atoms with van der Waals surface area (Å²) >= 11 is 0. The first-order chi connectivity index (χ1) is 40.5. The van der Waals surface area contributed by atoms with Gasteiger partial charge in [-0.25, -0.2) is 14.4 Å². The van der Waals surface area contributed by atoms with Gasteiger partial charge in [0.2, 0.25) is 0 Å². The van der Waals surface area contributed by atoms with Gasteiger partial charge in [0, 0.05) is 41.4 Å². The molecule has 478 valence electrons. The number of carbonyl (C=O) groups excluding carboxylic acids is 6. The van der Waals surface area contributed by atoms with E-state index in [1.807, 2.05) is 33.8 Å². The van der Waals surface area contributed by atoms with E-state index in [2.05, 4.69) is 19.7 Å². The number of ether oxygens (including phenoxy) is 12. The van der Waals surface area contributed by atoms with E-state index in [0.29, 0.717) is 60.4 Å². The normalized spacial score (nSPS) is 33.6. The van der Waals surface area contributed by atoms with Crippen LogP contribution in [0, 0.1) is 46.3 Å². The molecule has 11 fully saturated rings. The molecule has 12 rings (SSSR count). The van der Waals surface area contributed by atoms with Crippen LogP contribution in [0.1, 0.15) is 184 Å². The Labute approximate surface area is 509 Å². The highest BCUT2D eigenvalue weighted by Gasteiger charge is 2.53. The SMILES string of the molecule is C=C(C)C(=O)OCC1CC(CC(=O)OCC23CC4CC(CC(C4)C2)C3)OC(C)(C)O1.C=C(C)C(=O)OCC1CC(CC(=O)OCCC23CC4CC(CC(C4)C2)C3)OC(C)(C)O1.C=C(C)C(=O)OCC1CC(CC(=O)Oc2ccccc2)OC(C)(C)O1. The van der Waals surface area contributed by atoms with Crippen molar-refractivity contribution in [2.75, 3.05) is 33.0 Å². The molecule has 18 nitrogen and oxygen atoms in total. The van der Waals surface area contributed by atoms with Gasteiger partial charge in [-0.2, -0.15) is 0 Å². The van der Waals surface area contributed by atoms with Crippen LogP contribution in [-0.4, -0.2) is 123 Å². The Morgan fingerprint density at radius 1 is 0.419 bits per heavy atom. The predicted octanol–water partition coefficient (Wildman–Crippen LogP) is 11.7. The van der Waals surface area contributed by atoms with Crippen LogP contribution in [0.2, 0.25) is 0 Å². The average molecular weight is 1200 g/mol. The van der Waals surface area contributed by atoms with Crippen LogP contribution in [0.15, 0.2) is 66.8 Å². The van der Waals surface area contributed by atoms with Gasteiger partial charge in [-0.05, 0) is 199 Å². The molecule has 8 bridgehead atoms. The zero-order chi connectivity index (χ0) is 62.2. The molecule has 86 heavy (non-hydrogen) atoms. The van der Waals surface area contributed by atoms with E-state index in [4.69, 9.17) is 56.8 Å². The highest BCUT2D eigenvalue weighted by Crippen LogP contribution is 2.62. The summed E-state index contributed by atoms with van der Waals surface area (Å²) in [5, 5.41) is 0.